The number of aromatic nitrogens is 3. The Balaban J connectivity index is 3.43. The summed E-state index contributed by atoms with van der Waals surface area (Å²) in [6, 6.07) is 0. The van der Waals surface area contributed by atoms with Crippen molar-refractivity contribution in [2.45, 2.75) is 42.2 Å². The van der Waals surface area contributed by atoms with E-state index in [4.69, 9.17) is 34.8 Å². The molecule has 0 spiro atoms. The topological polar surface area (TPSA) is 30.7 Å². The summed E-state index contributed by atoms with van der Waals surface area (Å²) in [5.74, 6) is -5.22. The maximum atomic E-state index is 13.6. The molecule has 116 valence electrons. The van der Waals surface area contributed by atoms with Crippen LogP contribution in [0.4, 0.5) is 22.0 Å². The maximum absolute atomic E-state index is 13.6. The third-order valence-corrected chi connectivity index (χ3v) is 2.92. The molecule has 0 unspecified atom stereocenters. The van der Waals surface area contributed by atoms with E-state index in [2.05, 4.69) is 10.3 Å². The van der Waals surface area contributed by atoms with Crippen LogP contribution in [0.5, 0.6) is 0 Å². The van der Waals surface area contributed by atoms with Crippen LogP contribution in [-0.4, -0.2) is 21.2 Å². The number of nitrogens with zero attached hydrogens (tertiary/aromatic N) is 3. The minimum Gasteiger partial charge on any atom is -0.242 e. The van der Waals surface area contributed by atoms with E-state index < -0.39 is 27.3 Å². The van der Waals surface area contributed by atoms with Crippen LogP contribution in [0.1, 0.15) is 31.2 Å². The van der Waals surface area contributed by atoms with Crippen molar-refractivity contribution in [1.29, 1.82) is 0 Å². The summed E-state index contributed by atoms with van der Waals surface area (Å²) in [5.41, 5.74) is -2.57. The van der Waals surface area contributed by atoms with Gasteiger partial charge in [-0.2, -0.15) is 22.0 Å². The van der Waals surface area contributed by atoms with Gasteiger partial charge in [0.2, 0.25) is 3.79 Å². The minimum atomic E-state index is -5.84. The second kappa shape index (κ2) is 5.81. The highest BCUT2D eigenvalue weighted by atomic mass is 35.6. The van der Waals surface area contributed by atoms with Crippen LogP contribution in [-0.2, 0) is 16.3 Å². The molecule has 0 N–H and O–H groups in total. The molecule has 0 radical (unpaired) electrons. The van der Waals surface area contributed by atoms with Gasteiger partial charge in [-0.1, -0.05) is 53.4 Å². The van der Waals surface area contributed by atoms with Crippen molar-refractivity contribution in [2.75, 3.05) is 0 Å². The fraction of sp³-hybridized carbons (Fsp3) is 0.778. The molecule has 0 aliphatic rings. The number of rotatable bonds is 4. The summed E-state index contributed by atoms with van der Waals surface area (Å²) >= 11 is 16.1. The Bertz CT molecular complexity index is 466. The molecule has 0 amide bonds. The lowest BCUT2D eigenvalue weighted by Gasteiger charge is -2.22. The van der Waals surface area contributed by atoms with Crippen LogP contribution in [0.2, 0.25) is 0 Å². The van der Waals surface area contributed by atoms with Gasteiger partial charge >= 0.3 is 12.1 Å². The lowest BCUT2D eigenvalue weighted by atomic mass is 10.2. The summed E-state index contributed by atoms with van der Waals surface area (Å²) in [4.78, 5) is 0. The number of hydrogen-bond acceptors (Lipinski definition) is 2. The second-order valence-corrected chi connectivity index (χ2v) is 6.21. The fourth-order valence-electron chi connectivity index (χ4n) is 1.41. The molecule has 0 atom stereocenters. The number of aryl methyl sites for hydroxylation is 1. The molecule has 1 aromatic heterocycles. The Morgan fingerprint density at radius 2 is 1.65 bits per heavy atom. The van der Waals surface area contributed by atoms with Gasteiger partial charge in [0.15, 0.2) is 0 Å². The highest BCUT2D eigenvalue weighted by Crippen LogP contribution is 2.49. The third-order valence-electron chi connectivity index (χ3n) is 2.38. The maximum Gasteiger partial charge on any atom is 0.459 e. The average Bonchev–Trinajstić information content (AvgIpc) is 2.68. The van der Waals surface area contributed by atoms with E-state index in [0.717, 1.165) is 0 Å². The number of alkyl halides is 8. The van der Waals surface area contributed by atoms with E-state index in [1.807, 2.05) is 0 Å². The van der Waals surface area contributed by atoms with E-state index in [1.165, 1.54) is 0 Å². The van der Waals surface area contributed by atoms with Crippen LogP contribution >= 0.6 is 34.8 Å². The molecule has 1 aromatic rings. The molecular weight excluding hydrogens is 351 g/mol. The number of halogens is 8. The van der Waals surface area contributed by atoms with Gasteiger partial charge in [-0.3, -0.25) is 0 Å². The van der Waals surface area contributed by atoms with Crippen LogP contribution in [0.15, 0.2) is 0 Å². The van der Waals surface area contributed by atoms with Gasteiger partial charge in [-0.25, -0.2) is 4.68 Å². The standard InChI is InChI=1S/C9H9Cl3F5N3/c1-2-3-4-20-6(7(13,14)9(15,16)17)5(18-19-20)8(10,11)12/h2-4H2,1H3. The van der Waals surface area contributed by atoms with Crippen LogP contribution in [0.3, 0.4) is 0 Å². The van der Waals surface area contributed by atoms with Gasteiger partial charge in [-0.15, -0.1) is 5.10 Å². The zero-order valence-corrected chi connectivity index (χ0v) is 12.3. The number of hydrogen-bond donors (Lipinski definition) is 0. The summed E-state index contributed by atoms with van der Waals surface area (Å²) < 4.78 is 62.6. The normalized spacial score (nSPS) is 13.8. The monoisotopic (exact) mass is 359 g/mol. The fourth-order valence-corrected chi connectivity index (χ4v) is 1.80. The zero-order chi connectivity index (χ0) is 15.8. The van der Waals surface area contributed by atoms with Crippen molar-refractivity contribution in [2.24, 2.45) is 0 Å². The summed E-state index contributed by atoms with van der Waals surface area (Å²) in [7, 11) is 0. The third kappa shape index (κ3) is 3.46. The first-order valence-corrected chi connectivity index (χ1v) is 6.52. The van der Waals surface area contributed by atoms with E-state index in [-0.39, 0.29) is 6.54 Å². The van der Waals surface area contributed by atoms with Gasteiger partial charge in [0, 0.05) is 6.54 Å². The Labute approximate surface area is 126 Å². The van der Waals surface area contributed by atoms with Crippen molar-refractivity contribution in [1.82, 2.24) is 15.0 Å². The summed E-state index contributed by atoms with van der Waals surface area (Å²) in [6.45, 7) is 1.54. The largest absolute Gasteiger partial charge is 0.459 e. The van der Waals surface area contributed by atoms with E-state index in [0.29, 0.717) is 17.5 Å². The van der Waals surface area contributed by atoms with Crippen molar-refractivity contribution in [3.05, 3.63) is 11.4 Å². The van der Waals surface area contributed by atoms with Crippen molar-refractivity contribution < 1.29 is 22.0 Å². The molecule has 11 heteroatoms. The van der Waals surface area contributed by atoms with Gasteiger partial charge in [0.25, 0.3) is 0 Å². The molecule has 3 nitrogen and oxygen atoms in total. The first-order chi connectivity index (χ1) is 8.93. The predicted molar refractivity (Wildman–Crippen MR) is 64.1 cm³/mol. The molecule has 0 aromatic carbocycles. The first-order valence-electron chi connectivity index (χ1n) is 5.38. The van der Waals surface area contributed by atoms with Gasteiger partial charge in [0.05, 0.1) is 0 Å². The summed E-state index contributed by atoms with van der Waals surface area (Å²) in [6.07, 6.45) is -4.97. The molecule has 1 rings (SSSR count). The van der Waals surface area contributed by atoms with E-state index in [9.17, 15) is 22.0 Å². The van der Waals surface area contributed by atoms with E-state index >= 15 is 0 Å². The van der Waals surface area contributed by atoms with Crippen LogP contribution < -0.4 is 0 Å². The lowest BCUT2D eigenvalue weighted by Crippen LogP contribution is -2.37. The Morgan fingerprint density at radius 1 is 1.10 bits per heavy atom. The first kappa shape index (κ1) is 17.7. The van der Waals surface area contributed by atoms with E-state index in [1.54, 1.807) is 6.92 Å². The van der Waals surface area contributed by atoms with Crippen molar-refractivity contribution in [3.8, 4) is 0 Å². The molecule has 20 heavy (non-hydrogen) atoms. The lowest BCUT2D eigenvalue weighted by molar-refractivity contribution is -0.292. The van der Waals surface area contributed by atoms with Crippen molar-refractivity contribution >= 4 is 34.8 Å². The SMILES string of the molecule is CCCCn1nnc(C(Cl)(Cl)Cl)c1C(F)(F)C(F)(F)F. The molecular formula is C9H9Cl3F5N3. The second-order valence-electron chi connectivity index (χ2n) is 3.93. The minimum absolute atomic E-state index is 0.189. The quantitative estimate of drug-likeness (QED) is 0.582. The van der Waals surface area contributed by atoms with Crippen molar-refractivity contribution in [3.63, 3.8) is 0 Å². The Kier molecular flexibility index (Phi) is 5.14. The molecule has 1 heterocycles. The van der Waals surface area contributed by atoms with Gasteiger partial charge < -0.3 is 0 Å². The molecule has 0 saturated carbocycles. The molecule has 0 fully saturated rings. The smallest absolute Gasteiger partial charge is 0.242 e. The number of unbranched alkanes of at least 4 members (excludes halogenated alkanes) is 1. The Hall–Kier alpha value is -0.340. The average molecular weight is 361 g/mol. The highest BCUT2D eigenvalue weighted by Gasteiger charge is 2.63. The predicted octanol–water partition coefficient (Wildman–Crippen LogP) is 4.56. The Morgan fingerprint density at radius 3 is 2.05 bits per heavy atom. The van der Waals surface area contributed by atoms with Gasteiger partial charge in [0.1, 0.15) is 11.4 Å². The molecule has 0 bridgehead atoms. The summed E-state index contributed by atoms with van der Waals surface area (Å²) in [5, 5.41) is 6.39. The highest BCUT2D eigenvalue weighted by molar-refractivity contribution is 6.66. The molecule has 0 saturated heterocycles. The van der Waals surface area contributed by atoms with Crippen LogP contribution in [0.25, 0.3) is 0 Å². The molecule has 0 aliphatic carbocycles. The van der Waals surface area contributed by atoms with Gasteiger partial charge in [-0.05, 0) is 6.42 Å². The van der Waals surface area contributed by atoms with Crippen LogP contribution in [0, 0.1) is 0 Å². The zero-order valence-electron chi connectivity index (χ0n) is 9.99. The molecule has 0 aliphatic heterocycles.